The molecule has 3 aliphatic rings. The number of likely N-dealkylation sites (N-methyl/N-ethyl adjacent to an activating group) is 1. The molecular weight excluding hydrogens is 742 g/mol. The fourth-order valence-electron chi connectivity index (χ4n) is 7.69. The Bertz CT molecular complexity index is 1860. The van der Waals surface area contributed by atoms with Crippen molar-refractivity contribution >= 4 is 41.4 Å². The van der Waals surface area contributed by atoms with E-state index in [1.54, 1.807) is 12.1 Å². The van der Waals surface area contributed by atoms with Crippen LogP contribution in [0.15, 0.2) is 42.5 Å². The van der Waals surface area contributed by atoms with Crippen LogP contribution in [0.2, 0.25) is 0 Å². The quantitative estimate of drug-likeness (QED) is 0.340. The zero-order valence-corrected chi connectivity index (χ0v) is 33.2. The highest BCUT2D eigenvalue weighted by Gasteiger charge is 2.46. The minimum Gasteiger partial charge on any atom is -0.458 e. The molecule has 0 bridgehead atoms. The molecule has 14 nitrogen and oxygen atoms in total. The smallest absolute Gasteiger partial charge is 0.329 e. The van der Waals surface area contributed by atoms with Crippen LogP contribution in [-0.2, 0) is 57.6 Å². The average molecular weight is 795 g/mol. The number of nitrogens with zero attached hydrogens (tertiary/aromatic N) is 3. The summed E-state index contributed by atoms with van der Waals surface area (Å²) in [4.78, 5) is 101. The number of cyclic esters (lactones) is 1. The highest BCUT2D eigenvalue weighted by Crippen LogP contribution is 2.27. The second-order valence-corrected chi connectivity index (χ2v) is 15.5. The zero-order valence-electron chi connectivity index (χ0n) is 33.2. The molecule has 16 heteroatoms. The molecule has 0 saturated carbocycles. The lowest BCUT2D eigenvalue weighted by molar-refractivity contribution is -0.162. The topological polar surface area (TPSA) is 175 Å². The van der Waals surface area contributed by atoms with E-state index in [4.69, 9.17) is 4.74 Å². The van der Waals surface area contributed by atoms with Gasteiger partial charge in [0.15, 0.2) is 0 Å². The number of hydrogen-bond acceptors (Lipinski definition) is 8. The van der Waals surface area contributed by atoms with E-state index >= 15 is 0 Å². The van der Waals surface area contributed by atoms with Crippen molar-refractivity contribution in [2.45, 2.75) is 115 Å². The first-order valence-corrected chi connectivity index (χ1v) is 19.5. The van der Waals surface area contributed by atoms with Crippen LogP contribution in [0, 0.1) is 17.6 Å². The van der Waals surface area contributed by atoms with Gasteiger partial charge in [-0.2, -0.15) is 0 Å². The van der Waals surface area contributed by atoms with Gasteiger partial charge in [-0.1, -0.05) is 38.1 Å². The summed E-state index contributed by atoms with van der Waals surface area (Å²) < 4.78 is 34.5. The van der Waals surface area contributed by atoms with Crippen LogP contribution < -0.4 is 16.0 Å². The molecule has 3 fully saturated rings. The van der Waals surface area contributed by atoms with Gasteiger partial charge in [0.2, 0.25) is 35.4 Å². The lowest BCUT2D eigenvalue weighted by atomic mass is 10.0. The van der Waals surface area contributed by atoms with Crippen molar-refractivity contribution in [3.8, 4) is 0 Å². The molecule has 308 valence electrons. The maximum absolute atomic E-state index is 14.5. The molecule has 3 saturated heterocycles. The van der Waals surface area contributed by atoms with E-state index < -0.39 is 95.4 Å². The number of nitrogens with one attached hydrogen (secondary N) is 3. The number of carbonyl (C=O) groups excluding carboxylic acids is 7. The molecule has 8 atom stereocenters. The summed E-state index contributed by atoms with van der Waals surface area (Å²) in [6.45, 7) is 8.53. The largest absolute Gasteiger partial charge is 0.458 e. The normalized spacial score (nSPS) is 26.7. The van der Waals surface area contributed by atoms with Crippen molar-refractivity contribution in [2.24, 2.45) is 5.92 Å². The maximum Gasteiger partial charge on any atom is 0.329 e. The second kappa shape index (κ2) is 18.2. The van der Waals surface area contributed by atoms with Gasteiger partial charge in [-0.05, 0) is 81.2 Å². The van der Waals surface area contributed by atoms with Crippen LogP contribution in [0.25, 0.3) is 0 Å². The maximum atomic E-state index is 14.5. The van der Waals surface area contributed by atoms with Crippen molar-refractivity contribution in [2.75, 3.05) is 20.1 Å². The van der Waals surface area contributed by atoms with Gasteiger partial charge in [0.25, 0.3) is 0 Å². The van der Waals surface area contributed by atoms with E-state index in [0.29, 0.717) is 18.1 Å². The Balaban J connectivity index is 1.49. The number of carbonyl (C=O) groups is 7. The Labute approximate surface area is 331 Å². The third-order valence-corrected chi connectivity index (χ3v) is 11.1. The summed E-state index contributed by atoms with van der Waals surface area (Å²) in [7, 11) is 1.42. The Morgan fingerprint density at radius 3 is 2.18 bits per heavy atom. The van der Waals surface area contributed by atoms with Crippen molar-refractivity contribution in [3.63, 3.8) is 0 Å². The molecule has 0 spiro atoms. The van der Waals surface area contributed by atoms with E-state index in [9.17, 15) is 42.3 Å². The number of esters is 1. The lowest BCUT2D eigenvalue weighted by Crippen LogP contribution is -2.62. The summed E-state index contributed by atoms with van der Waals surface area (Å²) in [6, 6.07) is 2.78. The molecule has 2 aromatic carbocycles. The number of amides is 6. The molecule has 57 heavy (non-hydrogen) atoms. The van der Waals surface area contributed by atoms with E-state index in [1.807, 2.05) is 26.0 Å². The number of benzene rings is 2. The number of fused-ring (bicyclic) bond motifs is 2. The van der Waals surface area contributed by atoms with E-state index in [2.05, 4.69) is 16.0 Å². The first-order valence-electron chi connectivity index (χ1n) is 19.5. The molecule has 2 unspecified atom stereocenters. The SMILES string of the molecule is CCc1ccc(CC(=O)N[C@@H](Cc2cc(F)cc(F)c2)C(=O)N[C@@H]2C(=O)N3CCCC3C(=O)N(C)[C@@H](C)C(=O)N[C@@H](C)C(=O)N3C[C@@H](C)CC3C(=O)O[C@H]2C)cc1. The molecule has 0 aromatic heterocycles. The van der Waals surface area contributed by atoms with Crippen LogP contribution in [0.4, 0.5) is 8.78 Å². The van der Waals surface area contributed by atoms with Gasteiger partial charge in [-0.15, -0.1) is 0 Å². The lowest BCUT2D eigenvalue weighted by Gasteiger charge is -2.36. The van der Waals surface area contributed by atoms with Crippen LogP contribution in [0.5, 0.6) is 0 Å². The molecule has 3 heterocycles. The zero-order chi connectivity index (χ0) is 41.7. The van der Waals surface area contributed by atoms with E-state index in [-0.39, 0.29) is 50.3 Å². The first-order chi connectivity index (χ1) is 27.0. The summed E-state index contributed by atoms with van der Waals surface area (Å²) >= 11 is 0. The summed E-state index contributed by atoms with van der Waals surface area (Å²) in [5.41, 5.74) is 1.76. The van der Waals surface area contributed by atoms with Crippen LogP contribution in [0.1, 0.15) is 70.6 Å². The average Bonchev–Trinajstić information content (AvgIpc) is 3.82. The predicted octanol–water partition coefficient (Wildman–Crippen LogP) is 1.81. The van der Waals surface area contributed by atoms with Crippen LogP contribution in [0.3, 0.4) is 0 Å². The monoisotopic (exact) mass is 794 g/mol. The van der Waals surface area contributed by atoms with Gasteiger partial charge < -0.3 is 35.4 Å². The molecule has 3 N–H and O–H groups in total. The fraction of sp³-hybridized carbons (Fsp3) is 0.537. The molecular formula is C41H52F2N6O8. The van der Waals surface area contributed by atoms with Crippen molar-refractivity contribution in [3.05, 3.63) is 70.8 Å². The Hall–Kier alpha value is -5.41. The minimum absolute atomic E-state index is 0.0461. The van der Waals surface area contributed by atoms with Gasteiger partial charge in [-0.25, -0.2) is 13.6 Å². The Morgan fingerprint density at radius 2 is 1.53 bits per heavy atom. The number of ether oxygens (including phenoxy) is 1. The predicted molar refractivity (Wildman–Crippen MR) is 203 cm³/mol. The van der Waals surface area contributed by atoms with Crippen molar-refractivity contribution < 1.29 is 47.1 Å². The number of hydrogen-bond donors (Lipinski definition) is 3. The third kappa shape index (κ3) is 10.1. The Morgan fingerprint density at radius 1 is 0.877 bits per heavy atom. The molecule has 3 aliphatic heterocycles. The van der Waals surface area contributed by atoms with Gasteiger partial charge in [0.05, 0.1) is 6.42 Å². The summed E-state index contributed by atoms with van der Waals surface area (Å²) in [5.74, 6) is -6.72. The van der Waals surface area contributed by atoms with Crippen LogP contribution >= 0.6 is 0 Å². The van der Waals surface area contributed by atoms with Crippen molar-refractivity contribution in [1.82, 2.24) is 30.7 Å². The van der Waals surface area contributed by atoms with Gasteiger partial charge in [-0.3, -0.25) is 28.8 Å². The fourth-order valence-corrected chi connectivity index (χ4v) is 7.69. The standard InChI is InChI=1S/C41H52F2N6O8/c1-7-26-10-12-27(13-11-26)19-34(50)45-31(18-28-16-29(42)20-30(43)17-28)37(52)46-35-25(5)57-41(56)33-15-22(2)21-49(33)38(53)23(3)44-36(51)24(4)47(6)39(54)32-9-8-14-48(32)40(35)55/h10-13,16-17,20,22-25,31-33,35H,7-9,14-15,18-19,21H2,1-6H3,(H,44,51)(H,45,50)(H,46,52)/t22-,23-,24-,25-,31-,32?,33?,35-/m0/s1. The number of aryl methyl sites for hydroxylation is 1. The molecule has 5 rings (SSSR count). The molecule has 6 amide bonds. The van der Waals surface area contributed by atoms with E-state index in [0.717, 1.165) is 24.1 Å². The molecule has 0 radical (unpaired) electrons. The van der Waals surface area contributed by atoms with E-state index in [1.165, 1.54) is 42.5 Å². The highest BCUT2D eigenvalue weighted by atomic mass is 19.1. The van der Waals surface area contributed by atoms with Gasteiger partial charge in [0, 0.05) is 32.6 Å². The van der Waals surface area contributed by atoms with Crippen molar-refractivity contribution in [1.29, 1.82) is 0 Å². The summed E-state index contributed by atoms with van der Waals surface area (Å²) in [6.07, 6.45) is -0.178. The van der Waals surface area contributed by atoms with Gasteiger partial charge in [0.1, 0.15) is 54.0 Å². The second-order valence-electron chi connectivity index (χ2n) is 15.5. The van der Waals surface area contributed by atoms with Crippen LogP contribution in [-0.4, -0.2) is 119 Å². The number of rotatable bonds is 8. The first kappa shape index (κ1) is 42.7. The number of halogens is 2. The molecule has 2 aromatic rings. The van der Waals surface area contributed by atoms with Gasteiger partial charge >= 0.3 is 5.97 Å². The summed E-state index contributed by atoms with van der Waals surface area (Å²) in [5, 5.41) is 7.93. The molecule has 0 aliphatic carbocycles. The minimum atomic E-state index is -1.61. The Kier molecular flexibility index (Phi) is 13.7. The third-order valence-electron chi connectivity index (χ3n) is 11.1. The highest BCUT2D eigenvalue weighted by molar-refractivity contribution is 5.97.